The number of Topliss-reactive ketones (excluding diaryl/α,β-unsaturated/α-hetero) is 1. The average molecular weight is 233 g/mol. The van der Waals surface area contributed by atoms with Crippen molar-refractivity contribution in [2.24, 2.45) is 5.73 Å². The summed E-state index contributed by atoms with van der Waals surface area (Å²) >= 11 is 0. The van der Waals surface area contributed by atoms with E-state index in [9.17, 15) is 9.59 Å². The summed E-state index contributed by atoms with van der Waals surface area (Å²) in [5, 5.41) is 0. The Morgan fingerprint density at radius 2 is 1.94 bits per heavy atom. The predicted molar refractivity (Wildman–Crippen MR) is 64.0 cm³/mol. The lowest BCUT2D eigenvalue weighted by molar-refractivity contribution is -0.148. The summed E-state index contributed by atoms with van der Waals surface area (Å²) in [6.45, 7) is 5.05. The lowest BCUT2D eigenvalue weighted by Crippen LogP contribution is -2.40. The maximum Gasteiger partial charge on any atom is 0.331 e. The molecule has 0 amide bonds. The molecule has 0 fully saturated rings. The molecule has 2 N–H and O–H groups in total. The van der Waals surface area contributed by atoms with Gasteiger partial charge in [0.1, 0.15) is 6.61 Å². The lowest BCUT2D eigenvalue weighted by Gasteiger charge is -2.10. The lowest BCUT2D eigenvalue weighted by atomic mass is 10.1. The molecule has 0 aromatic heterocycles. The first-order valence-electron chi connectivity index (χ1n) is 5.18. The van der Waals surface area contributed by atoms with Crippen molar-refractivity contribution in [3.05, 3.63) is 48.0 Å². The van der Waals surface area contributed by atoms with Crippen LogP contribution in [0, 0.1) is 0 Å². The third kappa shape index (κ3) is 3.85. The van der Waals surface area contributed by atoms with E-state index in [0.717, 1.165) is 5.56 Å². The van der Waals surface area contributed by atoms with Gasteiger partial charge in [-0.15, -0.1) is 0 Å². The Labute approximate surface area is 100 Å². The van der Waals surface area contributed by atoms with Gasteiger partial charge >= 0.3 is 5.97 Å². The maximum absolute atomic E-state index is 11.5. The Hall–Kier alpha value is -1.94. The van der Waals surface area contributed by atoms with Crippen LogP contribution in [0.25, 0.3) is 0 Å². The van der Waals surface area contributed by atoms with E-state index in [2.05, 4.69) is 6.58 Å². The quantitative estimate of drug-likeness (QED) is 0.471. The van der Waals surface area contributed by atoms with Crippen LogP contribution >= 0.6 is 0 Å². The monoisotopic (exact) mass is 233 g/mol. The molecular weight excluding hydrogens is 218 g/mol. The van der Waals surface area contributed by atoms with Crippen LogP contribution in [0.3, 0.4) is 0 Å². The molecule has 4 nitrogen and oxygen atoms in total. The minimum absolute atomic E-state index is 0.108. The zero-order valence-corrected chi connectivity index (χ0v) is 9.68. The van der Waals surface area contributed by atoms with Gasteiger partial charge in [-0.25, -0.2) is 4.79 Å². The van der Waals surface area contributed by atoms with E-state index in [1.54, 1.807) is 0 Å². The molecule has 1 unspecified atom stereocenters. The van der Waals surface area contributed by atoms with E-state index >= 15 is 0 Å². The zero-order valence-electron chi connectivity index (χ0n) is 9.68. The van der Waals surface area contributed by atoms with Gasteiger partial charge in [0.05, 0.1) is 0 Å². The van der Waals surface area contributed by atoms with Gasteiger partial charge in [-0.1, -0.05) is 36.9 Å². The molecular formula is C13H15NO3. The van der Waals surface area contributed by atoms with Crippen molar-refractivity contribution >= 4 is 11.8 Å². The van der Waals surface area contributed by atoms with Gasteiger partial charge in [0.2, 0.25) is 0 Å². The standard InChI is InChI=1S/C13H15NO3/c1-9(2)12(15)11(14)13(16)17-8-10-6-4-3-5-7-10/h3-7,11H,1,8,14H2,2H3. The predicted octanol–water partition coefficient (Wildman–Crippen LogP) is 1.20. The van der Waals surface area contributed by atoms with E-state index in [1.165, 1.54) is 6.92 Å². The van der Waals surface area contributed by atoms with Gasteiger partial charge in [0.25, 0.3) is 0 Å². The number of esters is 1. The first-order chi connectivity index (χ1) is 8.02. The Bertz CT molecular complexity index is 426. The molecule has 17 heavy (non-hydrogen) atoms. The van der Waals surface area contributed by atoms with Crippen LogP contribution in [0.5, 0.6) is 0 Å². The maximum atomic E-state index is 11.5. The molecule has 0 radical (unpaired) electrons. The number of hydrogen-bond donors (Lipinski definition) is 1. The normalized spacial score (nSPS) is 11.6. The summed E-state index contributed by atoms with van der Waals surface area (Å²) in [7, 11) is 0. The number of nitrogens with two attached hydrogens (primary N) is 1. The summed E-state index contributed by atoms with van der Waals surface area (Å²) in [6, 6.07) is 7.89. The minimum Gasteiger partial charge on any atom is -0.459 e. The molecule has 90 valence electrons. The van der Waals surface area contributed by atoms with Crippen LogP contribution in [-0.4, -0.2) is 17.8 Å². The Kier molecular flexibility index (Phi) is 4.60. The fraction of sp³-hybridized carbons (Fsp3) is 0.231. The molecule has 1 aromatic rings. The van der Waals surface area contributed by atoms with Gasteiger partial charge in [-0.2, -0.15) is 0 Å². The fourth-order valence-electron chi connectivity index (χ4n) is 1.19. The van der Waals surface area contributed by atoms with Crippen LogP contribution < -0.4 is 5.73 Å². The van der Waals surface area contributed by atoms with Gasteiger partial charge in [-0.3, -0.25) is 4.79 Å². The third-order valence-electron chi connectivity index (χ3n) is 2.18. The number of benzene rings is 1. The van der Waals surface area contributed by atoms with E-state index < -0.39 is 17.8 Å². The molecule has 0 heterocycles. The van der Waals surface area contributed by atoms with Crippen LogP contribution in [-0.2, 0) is 20.9 Å². The highest BCUT2D eigenvalue weighted by atomic mass is 16.5. The minimum atomic E-state index is -1.28. The van der Waals surface area contributed by atoms with Crippen molar-refractivity contribution in [2.45, 2.75) is 19.6 Å². The van der Waals surface area contributed by atoms with E-state index in [4.69, 9.17) is 10.5 Å². The second-order valence-corrected chi connectivity index (χ2v) is 3.72. The van der Waals surface area contributed by atoms with Crippen molar-refractivity contribution in [3.63, 3.8) is 0 Å². The van der Waals surface area contributed by atoms with Gasteiger partial charge in [-0.05, 0) is 18.1 Å². The first kappa shape index (κ1) is 13.1. The van der Waals surface area contributed by atoms with Crippen LogP contribution in [0.2, 0.25) is 0 Å². The molecule has 0 saturated carbocycles. The SMILES string of the molecule is C=C(C)C(=O)C(N)C(=O)OCc1ccccc1. The molecule has 1 aromatic carbocycles. The number of hydrogen-bond acceptors (Lipinski definition) is 4. The first-order valence-corrected chi connectivity index (χ1v) is 5.18. The van der Waals surface area contributed by atoms with Crippen LogP contribution in [0.4, 0.5) is 0 Å². The van der Waals surface area contributed by atoms with Gasteiger partial charge in [0, 0.05) is 0 Å². The molecule has 0 saturated heterocycles. The summed E-state index contributed by atoms with van der Waals surface area (Å²) in [6.07, 6.45) is 0. The Balaban J connectivity index is 2.50. The number of carbonyl (C=O) groups is 2. The van der Waals surface area contributed by atoms with Crippen molar-refractivity contribution in [1.29, 1.82) is 0 Å². The van der Waals surface area contributed by atoms with Gasteiger partial charge in [0.15, 0.2) is 11.8 Å². The molecule has 0 aliphatic heterocycles. The number of ether oxygens (including phenoxy) is 1. The fourth-order valence-corrected chi connectivity index (χ4v) is 1.19. The molecule has 4 heteroatoms. The van der Waals surface area contributed by atoms with Crippen LogP contribution in [0.15, 0.2) is 42.5 Å². The van der Waals surface area contributed by atoms with Crippen LogP contribution in [0.1, 0.15) is 12.5 Å². The van der Waals surface area contributed by atoms with E-state index in [-0.39, 0.29) is 12.2 Å². The summed E-state index contributed by atoms with van der Waals surface area (Å²) in [4.78, 5) is 22.8. The summed E-state index contributed by atoms with van der Waals surface area (Å²) in [5.41, 5.74) is 6.53. The third-order valence-corrected chi connectivity index (χ3v) is 2.18. The van der Waals surface area contributed by atoms with Crippen molar-refractivity contribution < 1.29 is 14.3 Å². The molecule has 0 spiro atoms. The Morgan fingerprint density at radius 1 is 1.35 bits per heavy atom. The molecule has 0 bridgehead atoms. The largest absolute Gasteiger partial charge is 0.459 e. The van der Waals surface area contributed by atoms with Crippen molar-refractivity contribution in [1.82, 2.24) is 0 Å². The van der Waals surface area contributed by atoms with Crippen molar-refractivity contribution in [2.75, 3.05) is 0 Å². The highest BCUT2D eigenvalue weighted by Crippen LogP contribution is 2.03. The number of rotatable bonds is 5. The smallest absolute Gasteiger partial charge is 0.331 e. The molecule has 0 aliphatic carbocycles. The number of carbonyl (C=O) groups excluding carboxylic acids is 2. The summed E-state index contributed by atoms with van der Waals surface area (Å²) in [5.74, 6) is -1.23. The Morgan fingerprint density at radius 3 is 2.47 bits per heavy atom. The molecule has 1 rings (SSSR count). The van der Waals surface area contributed by atoms with Crippen molar-refractivity contribution in [3.8, 4) is 0 Å². The average Bonchev–Trinajstić information content (AvgIpc) is 2.35. The number of ketones is 1. The second-order valence-electron chi connectivity index (χ2n) is 3.72. The van der Waals surface area contributed by atoms with Gasteiger partial charge < -0.3 is 10.5 Å². The summed E-state index contributed by atoms with van der Waals surface area (Å²) < 4.78 is 4.94. The topological polar surface area (TPSA) is 69.4 Å². The highest BCUT2D eigenvalue weighted by Gasteiger charge is 2.23. The van der Waals surface area contributed by atoms with E-state index in [0.29, 0.717) is 0 Å². The highest BCUT2D eigenvalue weighted by molar-refractivity contribution is 6.10. The molecule has 0 aliphatic rings. The van der Waals surface area contributed by atoms with E-state index in [1.807, 2.05) is 30.3 Å². The zero-order chi connectivity index (χ0) is 12.8. The molecule has 1 atom stereocenters. The second kappa shape index (κ2) is 5.96.